The molecule has 0 aliphatic carbocycles. The number of hydrogen-bond donors (Lipinski definition) is 2. The number of aryl methyl sites for hydroxylation is 2. The monoisotopic (exact) mass is 249 g/mol. The predicted molar refractivity (Wildman–Crippen MR) is 71.4 cm³/mol. The third-order valence-corrected chi connectivity index (χ3v) is 3.40. The minimum absolute atomic E-state index is 0.717. The number of anilines is 1. The van der Waals surface area contributed by atoms with Crippen LogP contribution in [-0.2, 0) is 0 Å². The quantitative estimate of drug-likeness (QED) is 0.648. The molecule has 17 heavy (non-hydrogen) atoms. The molecule has 0 atom stereocenters. The highest BCUT2D eigenvalue weighted by Crippen LogP contribution is 2.32. The van der Waals surface area contributed by atoms with Crippen LogP contribution in [0.3, 0.4) is 0 Å². The van der Waals surface area contributed by atoms with Gasteiger partial charge < -0.3 is 4.74 Å². The molecule has 0 bridgehead atoms. The van der Waals surface area contributed by atoms with E-state index in [2.05, 4.69) is 24.3 Å². The average Bonchev–Trinajstić information content (AvgIpc) is 2.76. The SMILES string of the molecule is COc1cc(C)c(-c2csc(NN)n2)c(C)c1. The smallest absolute Gasteiger partial charge is 0.197 e. The van der Waals surface area contributed by atoms with Crippen molar-refractivity contribution in [2.24, 2.45) is 5.84 Å². The molecule has 1 heterocycles. The van der Waals surface area contributed by atoms with Crippen molar-refractivity contribution < 1.29 is 4.74 Å². The lowest BCUT2D eigenvalue weighted by molar-refractivity contribution is 0.414. The second-order valence-electron chi connectivity index (χ2n) is 3.82. The first kappa shape index (κ1) is 11.9. The van der Waals surface area contributed by atoms with E-state index in [1.165, 1.54) is 11.3 Å². The Balaban J connectivity index is 2.51. The molecule has 0 aliphatic rings. The number of thiazole rings is 1. The summed E-state index contributed by atoms with van der Waals surface area (Å²) in [4.78, 5) is 4.42. The molecule has 2 rings (SSSR count). The zero-order chi connectivity index (χ0) is 12.4. The topological polar surface area (TPSA) is 60.2 Å². The summed E-state index contributed by atoms with van der Waals surface area (Å²) in [5.41, 5.74) is 6.95. The fourth-order valence-electron chi connectivity index (χ4n) is 1.90. The van der Waals surface area contributed by atoms with Gasteiger partial charge in [-0.1, -0.05) is 0 Å². The van der Waals surface area contributed by atoms with E-state index in [1.54, 1.807) is 7.11 Å². The molecule has 0 spiro atoms. The zero-order valence-electron chi connectivity index (χ0n) is 10.1. The minimum atomic E-state index is 0.717. The van der Waals surface area contributed by atoms with E-state index < -0.39 is 0 Å². The maximum Gasteiger partial charge on any atom is 0.197 e. The summed E-state index contributed by atoms with van der Waals surface area (Å²) in [5.74, 6) is 6.21. The lowest BCUT2D eigenvalue weighted by Gasteiger charge is -2.10. The molecule has 1 aromatic heterocycles. The van der Waals surface area contributed by atoms with Crippen molar-refractivity contribution in [3.63, 3.8) is 0 Å². The third-order valence-electron chi connectivity index (χ3n) is 2.63. The number of hydrogen-bond acceptors (Lipinski definition) is 5. The highest BCUT2D eigenvalue weighted by Gasteiger charge is 2.11. The van der Waals surface area contributed by atoms with Crippen LogP contribution in [0.5, 0.6) is 5.75 Å². The number of hydrazine groups is 1. The zero-order valence-corrected chi connectivity index (χ0v) is 10.9. The van der Waals surface area contributed by atoms with Crippen molar-refractivity contribution in [1.29, 1.82) is 0 Å². The Morgan fingerprint density at radius 3 is 2.41 bits per heavy atom. The van der Waals surface area contributed by atoms with Gasteiger partial charge in [-0.2, -0.15) is 0 Å². The Morgan fingerprint density at radius 1 is 1.29 bits per heavy atom. The molecular weight excluding hydrogens is 234 g/mol. The van der Waals surface area contributed by atoms with Crippen LogP contribution in [0.25, 0.3) is 11.3 Å². The summed E-state index contributed by atoms with van der Waals surface area (Å²) in [6.45, 7) is 4.11. The summed E-state index contributed by atoms with van der Waals surface area (Å²) in [7, 11) is 1.67. The van der Waals surface area contributed by atoms with Crippen molar-refractivity contribution in [1.82, 2.24) is 4.98 Å². The highest BCUT2D eigenvalue weighted by atomic mass is 32.1. The van der Waals surface area contributed by atoms with Crippen molar-refractivity contribution in [3.05, 3.63) is 28.6 Å². The van der Waals surface area contributed by atoms with Crippen LogP contribution < -0.4 is 16.0 Å². The average molecular weight is 249 g/mol. The Kier molecular flexibility index (Phi) is 3.31. The van der Waals surface area contributed by atoms with Crippen LogP contribution in [0.4, 0.5) is 5.13 Å². The van der Waals surface area contributed by atoms with Crippen molar-refractivity contribution in [2.75, 3.05) is 12.5 Å². The van der Waals surface area contributed by atoms with Gasteiger partial charge in [-0.15, -0.1) is 11.3 Å². The van der Waals surface area contributed by atoms with Gasteiger partial charge in [0, 0.05) is 10.9 Å². The molecule has 0 unspecified atom stereocenters. The van der Waals surface area contributed by atoms with Crippen LogP contribution in [-0.4, -0.2) is 12.1 Å². The number of methoxy groups -OCH3 is 1. The van der Waals surface area contributed by atoms with E-state index in [-0.39, 0.29) is 0 Å². The van der Waals surface area contributed by atoms with E-state index in [1.807, 2.05) is 17.5 Å². The predicted octanol–water partition coefficient (Wildman–Crippen LogP) is 2.72. The second-order valence-corrected chi connectivity index (χ2v) is 4.68. The van der Waals surface area contributed by atoms with E-state index >= 15 is 0 Å². The van der Waals surface area contributed by atoms with E-state index in [4.69, 9.17) is 10.6 Å². The van der Waals surface area contributed by atoms with Crippen LogP contribution in [0.1, 0.15) is 11.1 Å². The first-order valence-electron chi connectivity index (χ1n) is 5.23. The Labute approximate surface area is 104 Å². The van der Waals surface area contributed by atoms with Crippen molar-refractivity contribution >= 4 is 16.5 Å². The molecule has 0 amide bonds. The fraction of sp³-hybridized carbons (Fsp3) is 0.250. The van der Waals surface area contributed by atoms with Crippen LogP contribution in [0.15, 0.2) is 17.5 Å². The minimum Gasteiger partial charge on any atom is -0.497 e. The number of nitrogens with zero attached hydrogens (tertiary/aromatic N) is 1. The van der Waals surface area contributed by atoms with E-state index in [0.717, 1.165) is 33.3 Å². The normalized spacial score (nSPS) is 10.4. The van der Waals surface area contributed by atoms with Crippen molar-refractivity contribution in [2.45, 2.75) is 13.8 Å². The second kappa shape index (κ2) is 4.73. The van der Waals surface area contributed by atoms with Crippen LogP contribution >= 0.6 is 11.3 Å². The fourth-order valence-corrected chi connectivity index (χ4v) is 2.51. The molecular formula is C12H15N3OS. The van der Waals surface area contributed by atoms with Gasteiger partial charge in [-0.05, 0) is 37.1 Å². The molecule has 5 heteroatoms. The summed E-state index contributed by atoms with van der Waals surface area (Å²) in [5, 5.41) is 2.71. The van der Waals surface area contributed by atoms with Gasteiger partial charge >= 0.3 is 0 Å². The van der Waals surface area contributed by atoms with Crippen LogP contribution in [0.2, 0.25) is 0 Å². The molecule has 0 fully saturated rings. The number of ether oxygens (including phenoxy) is 1. The number of nitrogens with one attached hydrogen (secondary N) is 1. The van der Waals surface area contributed by atoms with Gasteiger partial charge in [-0.25, -0.2) is 10.8 Å². The maximum absolute atomic E-state index is 5.34. The highest BCUT2D eigenvalue weighted by molar-refractivity contribution is 7.14. The van der Waals surface area contributed by atoms with Gasteiger partial charge in [0.05, 0.1) is 12.8 Å². The summed E-state index contributed by atoms with van der Waals surface area (Å²) < 4.78 is 5.24. The van der Waals surface area contributed by atoms with Gasteiger partial charge in [0.25, 0.3) is 0 Å². The van der Waals surface area contributed by atoms with Gasteiger partial charge in [0.1, 0.15) is 5.75 Å². The summed E-state index contributed by atoms with van der Waals surface area (Å²) in [6.07, 6.45) is 0. The van der Waals surface area contributed by atoms with E-state index in [0.29, 0.717) is 0 Å². The van der Waals surface area contributed by atoms with Gasteiger partial charge in [-0.3, -0.25) is 5.43 Å². The molecule has 4 nitrogen and oxygen atoms in total. The summed E-state index contributed by atoms with van der Waals surface area (Å²) in [6, 6.07) is 4.02. The largest absolute Gasteiger partial charge is 0.497 e. The molecule has 0 radical (unpaired) electrons. The first-order valence-corrected chi connectivity index (χ1v) is 6.11. The molecule has 2 aromatic rings. The molecule has 0 aliphatic heterocycles. The molecule has 1 aromatic carbocycles. The summed E-state index contributed by atoms with van der Waals surface area (Å²) >= 11 is 1.49. The number of aromatic nitrogens is 1. The van der Waals surface area contributed by atoms with Crippen molar-refractivity contribution in [3.8, 4) is 17.0 Å². The lowest BCUT2D eigenvalue weighted by Crippen LogP contribution is -2.05. The third kappa shape index (κ3) is 2.25. The number of nitrogens with two attached hydrogens (primary N) is 1. The molecule has 0 saturated carbocycles. The molecule has 90 valence electrons. The van der Waals surface area contributed by atoms with Crippen LogP contribution in [0, 0.1) is 13.8 Å². The molecule has 0 saturated heterocycles. The number of rotatable bonds is 3. The van der Waals surface area contributed by atoms with E-state index in [9.17, 15) is 0 Å². The number of benzene rings is 1. The lowest BCUT2D eigenvalue weighted by atomic mass is 10.0. The Bertz CT molecular complexity index is 513. The Hall–Kier alpha value is -1.59. The van der Waals surface area contributed by atoms with Gasteiger partial charge in [0.15, 0.2) is 5.13 Å². The number of nitrogen functional groups attached to an aromatic ring is 1. The maximum atomic E-state index is 5.34. The first-order chi connectivity index (χ1) is 8.15. The van der Waals surface area contributed by atoms with Gasteiger partial charge in [0.2, 0.25) is 0 Å². The molecule has 3 N–H and O–H groups in total. The standard InChI is InChI=1S/C12H15N3OS/c1-7-4-9(16-3)5-8(2)11(7)10-6-17-12(14-10)15-13/h4-6H,13H2,1-3H3,(H,14,15). The Morgan fingerprint density at radius 2 is 1.94 bits per heavy atom.